The SMILES string of the molecule is Cc1ccc(C(=O)NCCn2ncc3c(=O)n(Cc4ccccc4C)cnc32)cc1. The topological polar surface area (TPSA) is 81.8 Å². The van der Waals surface area contributed by atoms with Crippen molar-refractivity contribution in [3.63, 3.8) is 0 Å². The average molecular weight is 401 g/mol. The third-order valence-electron chi connectivity index (χ3n) is 5.15. The van der Waals surface area contributed by atoms with Crippen LogP contribution in [0.15, 0.2) is 65.8 Å². The van der Waals surface area contributed by atoms with Crippen molar-refractivity contribution >= 4 is 16.9 Å². The van der Waals surface area contributed by atoms with Gasteiger partial charge in [0.2, 0.25) is 0 Å². The Labute approximate surface area is 174 Å². The first kappa shape index (κ1) is 19.6. The number of benzene rings is 2. The van der Waals surface area contributed by atoms with E-state index in [1.807, 2.05) is 50.2 Å². The van der Waals surface area contributed by atoms with Crippen molar-refractivity contribution in [2.24, 2.45) is 0 Å². The quantitative estimate of drug-likeness (QED) is 0.539. The number of amides is 1. The molecular weight excluding hydrogens is 378 g/mol. The first-order valence-electron chi connectivity index (χ1n) is 9.83. The Morgan fingerprint density at radius 1 is 1.07 bits per heavy atom. The number of nitrogens with one attached hydrogen (secondary N) is 1. The number of hydrogen-bond acceptors (Lipinski definition) is 4. The summed E-state index contributed by atoms with van der Waals surface area (Å²) in [6.45, 7) is 5.28. The molecule has 30 heavy (non-hydrogen) atoms. The smallest absolute Gasteiger partial charge is 0.264 e. The molecule has 0 saturated heterocycles. The van der Waals surface area contributed by atoms with Gasteiger partial charge in [0.15, 0.2) is 5.65 Å². The van der Waals surface area contributed by atoms with Crippen LogP contribution in [0.2, 0.25) is 0 Å². The standard InChI is InChI=1S/C23H23N5O2/c1-16-7-9-18(10-8-16)22(29)24-11-12-28-21-20(13-26-28)23(30)27(15-25-21)14-19-6-4-3-5-17(19)2/h3-10,13,15H,11-12,14H2,1-2H3,(H,24,29). The van der Waals surface area contributed by atoms with E-state index in [2.05, 4.69) is 15.4 Å². The summed E-state index contributed by atoms with van der Waals surface area (Å²) in [5.41, 5.74) is 4.32. The average Bonchev–Trinajstić information content (AvgIpc) is 3.16. The molecule has 0 atom stereocenters. The number of hydrogen-bond donors (Lipinski definition) is 1. The van der Waals surface area contributed by atoms with Gasteiger partial charge in [-0.25, -0.2) is 9.67 Å². The molecule has 0 aliphatic rings. The van der Waals surface area contributed by atoms with Gasteiger partial charge in [-0.05, 0) is 37.1 Å². The largest absolute Gasteiger partial charge is 0.350 e. The molecule has 1 N–H and O–H groups in total. The number of fused-ring (bicyclic) bond motifs is 1. The van der Waals surface area contributed by atoms with Crippen molar-refractivity contribution in [1.82, 2.24) is 24.6 Å². The van der Waals surface area contributed by atoms with Crippen LogP contribution in [0.3, 0.4) is 0 Å². The van der Waals surface area contributed by atoms with E-state index in [9.17, 15) is 9.59 Å². The molecule has 0 aliphatic carbocycles. The lowest BCUT2D eigenvalue weighted by Gasteiger charge is -2.09. The lowest BCUT2D eigenvalue weighted by Crippen LogP contribution is -2.27. The van der Waals surface area contributed by atoms with Crippen molar-refractivity contribution < 1.29 is 4.79 Å². The zero-order chi connectivity index (χ0) is 21.1. The van der Waals surface area contributed by atoms with Gasteiger partial charge < -0.3 is 5.32 Å². The maximum atomic E-state index is 12.9. The zero-order valence-electron chi connectivity index (χ0n) is 17.0. The normalized spacial score (nSPS) is 11.0. The summed E-state index contributed by atoms with van der Waals surface area (Å²) in [6, 6.07) is 15.4. The molecule has 0 radical (unpaired) electrons. The number of aromatic nitrogens is 4. The molecule has 4 rings (SSSR count). The molecule has 4 aromatic rings. The van der Waals surface area contributed by atoms with Crippen LogP contribution in [0.1, 0.15) is 27.0 Å². The van der Waals surface area contributed by atoms with Crippen molar-refractivity contribution in [1.29, 1.82) is 0 Å². The number of nitrogens with zero attached hydrogens (tertiary/aromatic N) is 4. The highest BCUT2D eigenvalue weighted by Crippen LogP contribution is 2.10. The van der Waals surface area contributed by atoms with Crippen molar-refractivity contribution in [3.8, 4) is 0 Å². The van der Waals surface area contributed by atoms with Crippen LogP contribution >= 0.6 is 0 Å². The van der Waals surface area contributed by atoms with Crippen LogP contribution in [0.5, 0.6) is 0 Å². The minimum absolute atomic E-state index is 0.127. The fourth-order valence-electron chi connectivity index (χ4n) is 3.33. The molecular formula is C23H23N5O2. The Bertz CT molecular complexity index is 1250. The molecule has 0 unspecified atom stereocenters. The second-order valence-corrected chi connectivity index (χ2v) is 7.33. The van der Waals surface area contributed by atoms with Gasteiger partial charge in [0.05, 0.1) is 19.3 Å². The first-order valence-corrected chi connectivity index (χ1v) is 9.83. The van der Waals surface area contributed by atoms with E-state index in [1.54, 1.807) is 33.9 Å². The van der Waals surface area contributed by atoms with E-state index in [0.717, 1.165) is 16.7 Å². The van der Waals surface area contributed by atoms with E-state index in [0.29, 0.717) is 36.2 Å². The molecule has 2 aromatic carbocycles. The van der Waals surface area contributed by atoms with Gasteiger partial charge in [-0.2, -0.15) is 5.10 Å². The zero-order valence-corrected chi connectivity index (χ0v) is 17.0. The highest BCUT2D eigenvalue weighted by atomic mass is 16.1. The molecule has 0 spiro atoms. The maximum absolute atomic E-state index is 12.9. The predicted molar refractivity (Wildman–Crippen MR) is 116 cm³/mol. The van der Waals surface area contributed by atoms with Crippen LogP contribution < -0.4 is 10.9 Å². The fraction of sp³-hybridized carbons (Fsp3) is 0.217. The molecule has 0 saturated carbocycles. The van der Waals surface area contributed by atoms with Gasteiger partial charge in [-0.1, -0.05) is 42.0 Å². The van der Waals surface area contributed by atoms with Crippen LogP contribution in [-0.4, -0.2) is 31.8 Å². The van der Waals surface area contributed by atoms with Crippen molar-refractivity contribution in [2.45, 2.75) is 26.9 Å². The fourth-order valence-corrected chi connectivity index (χ4v) is 3.33. The molecule has 152 valence electrons. The van der Waals surface area contributed by atoms with Gasteiger partial charge in [0.1, 0.15) is 11.7 Å². The first-order chi connectivity index (χ1) is 14.5. The van der Waals surface area contributed by atoms with Crippen LogP contribution in [-0.2, 0) is 13.1 Å². The highest BCUT2D eigenvalue weighted by Gasteiger charge is 2.11. The molecule has 7 nitrogen and oxygen atoms in total. The molecule has 2 heterocycles. The number of carbonyl (C=O) groups is 1. The van der Waals surface area contributed by atoms with Crippen LogP contribution in [0.4, 0.5) is 0 Å². The summed E-state index contributed by atoms with van der Waals surface area (Å²) >= 11 is 0. The summed E-state index contributed by atoms with van der Waals surface area (Å²) in [5.74, 6) is -0.139. The monoisotopic (exact) mass is 401 g/mol. The Morgan fingerprint density at radius 2 is 1.83 bits per heavy atom. The van der Waals surface area contributed by atoms with Crippen LogP contribution in [0.25, 0.3) is 11.0 Å². The van der Waals surface area contributed by atoms with Gasteiger partial charge in [-0.15, -0.1) is 0 Å². The number of carbonyl (C=O) groups excluding carboxylic acids is 1. The van der Waals surface area contributed by atoms with Gasteiger partial charge in [-0.3, -0.25) is 14.2 Å². The third kappa shape index (κ3) is 4.00. The van der Waals surface area contributed by atoms with Gasteiger partial charge in [0, 0.05) is 12.1 Å². The molecule has 2 aromatic heterocycles. The Morgan fingerprint density at radius 3 is 2.60 bits per heavy atom. The summed E-state index contributed by atoms with van der Waals surface area (Å²) in [4.78, 5) is 29.5. The van der Waals surface area contributed by atoms with Crippen LogP contribution in [0, 0.1) is 13.8 Å². The summed E-state index contributed by atoms with van der Waals surface area (Å²) in [5, 5.41) is 7.64. The molecule has 0 bridgehead atoms. The van der Waals surface area contributed by atoms with Crippen molar-refractivity contribution in [2.75, 3.05) is 6.54 Å². The minimum Gasteiger partial charge on any atom is -0.350 e. The molecule has 0 fully saturated rings. The number of aryl methyl sites for hydroxylation is 2. The van der Waals surface area contributed by atoms with E-state index in [4.69, 9.17) is 0 Å². The third-order valence-corrected chi connectivity index (χ3v) is 5.15. The summed E-state index contributed by atoms with van der Waals surface area (Å²) in [6.07, 6.45) is 3.10. The highest BCUT2D eigenvalue weighted by molar-refractivity contribution is 5.94. The van der Waals surface area contributed by atoms with Gasteiger partial charge >= 0.3 is 0 Å². The Kier molecular flexibility index (Phi) is 5.43. The maximum Gasteiger partial charge on any atom is 0.264 e. The number of rotatable bonds is 6. The lowest BCUT2D eigenvalue weighted by atomic mass is 10.1. The second kappa shape index (κ2) is 8.32. The molecule has 1 amide bonds. The van der Waals surface area contributed by atoms with Crippen molar-refractivity contribution in [3.05, 3.63) is 93.7 Å². The van der Waals surface area contributed by atoms with E-state index in [-0.39, 0.29) is 11.5 Å². The summed E-state index contributed by atoms with van der Waals surface area (Å²) < 4.78 is 3.24. The van der Waals surface area contributed by atoms with Gasteiger partial charge in [0.25, 0.3) is 11.5 Å². The molecule has 0 aliphatic heterocycles. The summed E-state index contributed by atoms with van der Waals surface area (Å²) in [7, 11) is 0. The predicted octanol–water partition coefficient (Wildman–Crippen LogP) is 2.69. The van der Waals surface area contributed by atoms with E-state index in [1.165, 1.54) is 0 Å². The van der Waals surface area contributed by atoms with E-state index < -0.39 is 0 Å². The second-order valence-electron chi connectivity index (χ2n) is 7.33. The Hall–Kier alpha value is -3.74. The lowest BCUT2D eigenvalue weighted by molar-refractivity contribution is 0.0952. The Balaban J connectivity index is 1.46. The van der Waals surface area contributed by atoms with E-state index >= 15 is 0 Å². The molecule has 7 heteroatoms. The minimum atomic E-state index is -0.139.